The fourth-order valence-corrected chi connectivity index (χ4v) is 4.26. The molecular formula is C24H27N3O3. The Morgan fingerprint density at radius 3 is 2.43 bits per heavy atom. The van der Waals surface area contributed by atoms with E-state index in [2.05, 4.69) is 12.2 Å². The zero-order valence-corrected chi connectivity index (χ0v) is 17.4. The summed E-state index contributed by atoms with van der Waals surface area (Å²) in [5, 5.41) is 2.89. The van der Waals surface area contributed by atoms with Gasteiger partial charge in [-0.2, -0.15) is 0 Å². The van der Waals surface area contributed by atoms with E-state index in [1.165, 1.54) is 0 Å². The first-order chi connectivity index (χ1) is 14.5. The van der Waals surface area contributed by atoms with Gasteiger partial charge in [0.05, 0.1) is 7.11 Å². The minimum Gasteiger partial charge on any atom is -0.497 e. The van der Waals surface area contributed by atoms with Crippen LogP contribution in [0.2, 0.25) is 0 Å². The molecule has 6 nitrogen and oxygen atoms in total. The monoisotopic (exact) mass is 405 g/mol. The number of carbonyl (C=O) groups is 2. The molecule has 0 aromatic heterocycles. The zero-order chi connectivity index (χ0) is 21.1. The number of nitrogens with zero attached hydrogens (tertiary/aromatic N) is 2. The van der Waals surface area contributed by atoms with Crippen LogP contribution in [-0.4, -0.2) is 41.7 Å². The topological polar surface area (TPSA) is 71.0 Å². The average Bonchev–Trinajstić information content (AvgIpc) is 3.03. The molecule has 4 rings (SSSR count). The SMILES string of the molecule is COc1ccc(NC(=O)CN2C(=O)C(c3ccccc3)=NC23CCC(C)CC3)cc1. The molecule has 1 spiro atoms. The fourth-order valence-electron chi connectivity index (χ4n) is 4.26. The molecule has 6 heteroatoms. The van der Waals surface area contributed by atoms with Crippen LogP contribution in [0.25, 0.3) is 0 Å². The summed E-state index contributed by atoms with van der Waals surface area (Å²) in [6.07, 6.45) is 3.56. The highest BCUT2D eigenvalue weighted by atomic mass is 16.5. The molecule has 2 amide bonds. The first kappa shape index (κ1) is 20.1. The number of methoxy groups -OCH3 is 1. The zero-order valence-electron chi connectivity index (χ0n) is 17.4. The van der Waals surface area contributed by atoms with Crippen LogP contribution in [0.15, 0.2) is 59.6 Å². The van der Waals surface area contributed by atoms with Gasteiger partial charge >= 0.3 is 0 Å². The lowest BCUT2D eigenvalue weighted by Crippen LogP contribution is -2.51. The molecule has 1 heterocycles. The molecule has 0 saturated heterocycles. The van der Waals surface area contributed by atoms with E-state index in [-0.39, 0.29) is 18.4 Å². The third-order valence-electron chi connectivity index (χ3n) is 6.07. The van der Waals surface area contributed by atoms with Crippen LogP contribution in [0.1, 0.15) is 38.2 Å². The highest BCUT2D eigenvalue weighted by Crippen LogP contribution is 2.41. The highest BCUT2D eigenvalue weighted by molar-refractivity contribution is 6.47. The van der Waals surface area contributed by atoms with E-state index < -0.39 is 5.66 Å². The summed E-state index contributed by atoms with van der Waals surface area (Å²) in [4.78, 5) is 32.8. The maximum atomic E-state index is 13.3. The van der Waals surface area contributed by atoms with Crippen LogP contribution in [0, 0.1) is 5.92 Å². The normalized spacial score (nSPS) is 23.4. The van der Waals surface area contributed by atoms with Gasteiger partial charge in [-0.1, -0.05) is 37.3 Å². The molecule has 1 aliphatic carbocycles. The standard InChI is InChI=1S/C24H27N3O3/c1-17-12-14-24(15-13-17)26-22(18-6-4-3-5-7-18)23(29)27(24)16-21(28)25-19-8-10-20(30-2)11-9-19/h3-11,17H,12-16H2,1-2H3,(H,25,28). The molecular weight excluding hydrogens is 378 g/mol. The number of benzene rings is 2. The second-order valence-electron chi connectivity index (χ2n) is 8.16. The molecule has 1 fully saturated rings. The molecule has 2 aromatic carbocycles. The van der Waals surface area contributed by atoms with Crippen LogP contribution in [-0.2, 0) is 9.59 Å². The Morgan fingerprint density at radius 1 is 1.13 bits per heavy atom. The van der Waals surface area contributed by atoms with Gasteiger partial charge in [0.1, 0.15) is 23.7 Å². The van der Waals surface area contributed by atoms with Crippen molar-refractivity contribution in [2.75, 3.05) is 19.0 Å². The summed E-state index contributed by atoms with van der Waals surface area (Å²) in [5.74, 6) is 0.937. The predicted molar refractivity (Wildman–Crippen MR) is 117 cm³/mol. The van der Waals surface area contributed by atoms with Crippen molar-refractivity contribution in [1.82, 2.24) is 4.90 Å². The van der Waals surface area contributed by atoms with Crippen LogP contribution < -0.4 is 10.1 Å². The van der Waals surface area contributed by atoms with Crippen molar-refractivity contribution in [2.45, 2.75) is 38.3 Å². The van der Waals surface area contributed by atoms with Gasteiger partial charge in [0.2, 0.25) is 5.91 Å². The number of rotatable bonds is 5. The molecule has 0 atom stereocenters. The second kappa shape index (κ2) is 8.30. The Hall–Kier alpha value is -3.15. The molecule has 1 saturated carbocycles. The smallest absolute Gasteiger partial charge is 0.275 e. The Bertz CT molecular complexity index is 945. The Morgan fingerprint density at radius 2 is 1.80 bits per heavy atom. The van der Waals surface area contributed by atoms with Gasteiger partial charge in [-0.3, -0.25) is 14.6 Å². The lowest BCUT2D eigenvalue weighted by atomic mass is 9.82. The van der Waals surface area contributed by atoms with Crippen molar-refractivity contribution < 1.29 is 14.3 Å². The van der Waals surface area contributed by atoms with Gasteiger partial charge in [0.25, 0.3) is 5.91 Å². The Balaban J connectivity index is 1.55. The molecule has 2 aromatic rings. The number of carbonyl (C=O) groups excluding carboxylic acids is 2. The summed E-state index contributed by atoms with van der Waals surface area (Å²) in [5.41, 5.74) is 1.32. The largest absolute Gasteiger partial charge is 0.497 e. The van der Waals surface area contributed by atoms with Crippen LogP contribution >= 0.6 is 0 Å². The minimum atomic E-state index is -0.619. The van der Waals surface area contributed by atoms with E-state index in [9.17, 15) is 9.59 Å². The lowest BCUT2D eigenvalue weighted by molar-refractivity contribution is -0.134. The van der Waals surface area contributed by atoms with E-state index in [4.69, 9.17) is 9.73 Å². The number of hydrogen-bond donors (Lipinski definition) is 1. The fraction of sp³-hybridized carbons (Fsp3) is 0.375. The van der Waals surface area contributed by atoms with E-state index in [1.807, 2.05) is 30.3 Å². The molecule has 0 unspecified atom stereocenters. The maximum Gasteiger partial charge on any atom is 0.275 e. The van der Waals surface area contributed by atoms with Crippen LogP contribution in [0.3, 0.4) is 0 Å². The number of hydrogen-bond acceptors (Lipinski definition) is 4. The molecule has 1 N–H and O–H groups in total. The predicted octanol–water partition coefficient (Wildman–Crippen LogP) is 3.87. The summed E-state index contributed by atoms with van der Waals surface area (Å²) < 4.78 is 5.15. The number of nitrogens with one attached hydrogen (secondary N) is 1. The van der Waals surface area contributed by atoms with Crippen molar-refractivity contribution in [3.8, 4) is 5.75 Å². The van der Waals surface area contributed by atoms with E-state index in [0.717, 1.165) is 37.0 Å². The number of aliphatic imine (C=N–C) groups is 1. The first-order valence-corrected chi connectivity index (χ1v) is 10.4. The Labute approximate surface area is 176 Å². The average molecular weight is 405 g/mol. The van der Waals surface area contributed by atoms with Gasteiger partial charge in [-0.05, 0) is 55.9 Å². The number of anilines is 1. The van der Waals surface area contributed by atoms with Gasteiger partial charge in [0, 0.05) is 11.3 Å². The Kier molecular flexibility index (Phi) is 5.57. The number of amides is 2. The second-order valence-corrected chi connectivity index (χ2v) is 8.16. The third-order valence-corrected chi connectivity index (χ3v) is 6.07. The highest BCUT2D eigenvalue weighted by Gasteiger charge is 2.49. The number of ether oxygens (including phenoxy) is 1. The summed E-state index contributed by atoms with van der Waals surface area (Å²) in [6.45, 7) is 2.21. The van der Waals surface area contributed by atoms with Crippen molar-refractivity contribution in [3.63, 3.8) is 0 Å². The van der Waals surface area contributed by atoms with Crippen LogP contribution in [0.4, 0.5) is 5.69 Å². The molecule has 2 aliphatic rings. The van der Waals surface area contributed by atoms with Gasteiger partial charge in [-0.15, -0.1) is 0 Å². The van der Waals surface area contributed by atoms with Crippen molar-refractivity contribution in [1.29, 1.82) is 0 Å². The molecule has 30 heavy (non-hydrogen) atoms. The van der Waals surface area contributed by atoms with Crippen molar-refractivity contribution >= 4 is 23.2 Å². The van der Waals surface area contributed by atoms with E-state index >= 15 is 0 Å². The molecule has 156 valence electrons. The molecule has 1 aliphatic heterocycles. The quantitative estimate of drug-likeness (QED) is 0.821. The summed E-state index contributed by atoms with van der Waals surface area (Å²) in [6, 6.07) is 16.7. The summed E-state index contributed by atoms with van der Waals surface area (Å²) >= 11 is 0. The van der Waals surface area contributed by atoms with E-state index in [0.29, 0.717) is 17.3 Å². The van der Waals surface area contributed by atoms with Crippen molar-refractivity contribution in [2.24, 2.45) is 10.9 Å². The first-order valence-electron chi connectivity index (χ1n) is 10.4. The third kappa shape index (κ3) is 3.95. The van der Waals surface area contributed by atoms with Crippen LogP contribution in [0.5, 0.6) is 5.75 Å². The van der Waals surface area contributed by atoms with Gasteiger partial charge in [-0.25, -0.2) is 0 Å². The summed E-state index contributed by atoms with van der Waals surface area (Å²) in [7, 11) is 1.60. The van der Waals surface area contributed by atoms with Crippen molar-refractivity contribution in [3.05, 3.63) is 60.2 Å². The molecule has 0 radical (unpaired) electrons. The molecule has 0 bridgehead atoms. The minimum absolute atomic E-state index is 0.0148. The van der Waals surface area contributed by atoms with Gasteiger partial charge in [0.15, 0.2) is 0 Å². The maximum absolute atomic E-state index is 13.3. The van der Waals surface area contributed by atoms with Gasteiger partial charge < -0.3 is 15.0 Å². The van der Waals surface area contributed by atoms with E-state index in [1.54, 1.807) is 36.3 Å². The lowest BCUT2D eigenvalue weighted by Gasteiger charge is -2.40.